The zero-order chi connectivity index (χ0) is 19.0. The number of hydrogen-bond acceptors (Lipinski definition) is 6. The van der Waals surface area contributed by atoms with Crippen LogP contribution in [0.15, 0.2) is 0 Å². The van der Waals surface area contributed by atoms with Gasteiger partial charge in [0.15, 0.2) is 0 Å². The second kappa shape index (κ2) is 15.1. The Labute approximate surface area is 152 Å². The summed E-state index contributed by atoms with van der Waals surface area (Å²) in [5, 5.41) is 0. The molecule has 6 heteroatoms. The van der Waals surface area contributed by atoms with Crippen LogP contribution >= 0.6 is 0 Å². The first kappa shape index (κ1) is 23.9. The van der Waals surface area contributed by atoms with Gasteiger partial charge in [-0.1, -0.05) is 39.0 Å². The van der Waals surface area contributed by atoms with E-state index < -0.39 is 11.6 Å². The maximum atomic E-state index is 11.5. The summed E-state index contributed by atoms with van der Waals surface area (Å²) in [7, 11) is 0. The zero-order valence-corrected chi connectivity index (χ0v) is 16.4. The Hall–Kier alpha value is -1.14. The van der Waals surface area contributed by atoms with Crippen molar-refractivity contribution in [3.63, 3.8) is 0 Å². The highest BCUT2D eigenvalue weighted by molar-refractivity contribution is 5.71. The molecule has 0 fully saturated rings. The molecule has 0 aliphatic heterocycles. The second-order valence-corrected chi connectivity index (χ2v) is 6.99. The molecule has 0 radical (unpaired) electrons. The molecule has 0 amide bonds. The van der Waals surface area contributed by atoms with Gasteiger partial charge < -0.3 is 18.9 Å². The van der Waals surface area contributed by atoms with Gasteiger partial charge in [-0.2, -0.15) is 0 Å². The number of esters is 2. The van der Waals surface area contributed by atoms with Crippen molar-refractivity contribution in [2.75, 3.05) is 33.0 Å². The first-order valence-electron chi connectivity index (χ1n) is 9.38. The van der Waals surface area contributed by atoms with Gasteiger partial charge in [-0.05, 0) is 27.2 Å². The quantitative estimate of drug-likeness (QED) is 0.328. The number of rotatable bonds is 15. The number of hydrogen-bond donors (Lipinski definition) is 0. The van der Waals surface area contributed by atoms with Crippen molar-refractivity contribution in [3.05, 3.63) is 0 Å². The molecule has 0 aliphatic carbocycles. The number of carbonyl (C=O) groups excluding carboxylic acids is 2. The van der Waals surface area contributed by atoms with Crippen LogP contribution < -0.4 is 0 Å². The number of unbranched alkanes of at least 4 members (excludes halogenated alkanes) is 5. The van der Waals surface area contributed by atoms with Gasteiger partial charge in [0.05, 0.1) is 19.8 Å². The van der Waals surface area contributed by atoms with Gasteiger partial charge in [-0.15, -0.1) is 0 Å². The van der Waals surface area contributed by atoms with Gasteiger partial charge in [0.2, 0.25) is 0 Å². The molecule has 0 saturated carbocycles. The highest BCUT2D eigenvalue weighted by Crippen LogP contribution is 2.07. The molecule has 0 heterocycles. The fourth-order valence-corrected chi connectivity index (χ4v) is 2.08. The molecule has 6 nitrogen and oxygen atoms in total. The molecule has 148 valence electrons. The lowest BCUT2D eigenvalue weighted by molar-refractivity contribution is -0.161. The molecular weight excluding hydrogens is 324 g/mol. The van der Waals surface area contributed by atoms with Gasteiger partial charge in [-0.25, -0.2) is 4.79 Å². The summed E-state index contributed by atoms with van der Waals surface area (Å²) < 4.78 is 20.6. The van der Waals surface area contributed by atoms with Crippen molar-refractivity contribution >= 4 is 11.9 Å². The Kier molecular flexibility index (Phi) is 14.5. The fourth-order valence-electron chi connectivity index (χ4n) is 2.08. The predicted octanol–water partition coefficient (Wildman–Crippen LogP) is 3.66. The van der Waals surface area contributed by atoms with Gasteiger partial charge >= 0.3 is 11.9 Å². The van der Waals surface area contributed by atoms with Crippen molar-refractivity contribution in [2.45, 2.75) is 78.2 Å². The van der Waals surface area contributed by atoms with E-state index in [9.17, 15) is 9.59 Å². The van der Waals surface area contributed by atoms with Gasteiger partial charge in [0, 0.05) is 6.42 Å². The Bertz CT molecular complexity index is 348. The van der Waals surface area contributed by atoms with Crippen LogP contribution in [0, 0.1) is 0 Å². The summed E-state index contributed by atoms with van der Waals surface area (Å²) in [6, 6.07) is 0. The van der Waals surface area contributed by atoms with E-state index in [1.54, 1.807) is 0 Å². The van der Waals surface area contributed by atoms with Crippen molar-refractivity contribution in [3.8, 4) is 0 Å². The third-order valence-electron chi connectivity index (χ3n) is 3.24. The number of ether oxygens (including phenoxy) is 4. The topological polar surface area (TPSA) is 71.1 Å². The lowest BCUT2D eigenvalue weighted by atomic mass is 10.1. The fraction of sp³-hybridized carbons (Fsp3) is 0.895. The molecule has 0 unspecified atom stereocenters. The summed E-state index contributed by atoms with van der Waals surface area (Å²) >= 11 is 0. The molecule has 0 spiro atoms. The van der Waals surface area contributed by atoms with Crippen LogP contribution in [0.3, 0.4) is 0 Å². The molecular formula is C19H36O6. The zero-order valence-electron chi connectivity index (χ0n) is 16.4. The second-order valence-electron chi connectivity index (χ2n) is 6.99. The minimum Gasteiger partial charge on any atom is -0.463 e. The molecule has 0 aromatic carbocycles. The van der Waals surface area contributed by atoms with Crippen molar-refractivity contribution in [1.29, 1.82) is 0 Å². The summed E-state index contributed by atoms with van der Waals surface area (Å²) in [6.45, 7) is 8.74. The molecule has 0 N–H and O–H groups in total. The first-order chi connectivity index (χ1) is 11.8. The lowest BCUT2D eigenvalue weighted by Gasteiger charge is -2.19. The Morgan fingerprint density at radius 2 is 1.36 bits per heavy atom. The van der Waals surface area contributed by atoms with E-state index in [0.717, 1.165) is 12.8 Å². The summed E-state index contributed by atoms with van der Waals surface area (Å²) in [4.78, 5) is 22.9. The molecule has 0 saturated heterocycles. The SMILES string of the molecule is CCCCCCCCC(=O)OCCOCCOCC(=O)OC(C)(C)C. The van der Waals surface area contributed by atoms with Crippen LogP contribution in [-0.2, 0) is 28.5 Å². The third-order valence-corrected chi connectivity index (χ3v) is 3.24. The van der Waals surface area contributed by atoms with E-state index in [0.29, 0.717) is 26.2 Å². The summed E-state index contributed by atoms with van der Waals surface area (Å²) in [5.41, 5.74) is -0.504. The van der Waals surface area contributed by atoms with Gasteiger partial charge in [0.1, 0.15) is 18.8 Å². The predicted molar refractivity (Wildman–Crippen MR) is 96.4 cm³/mol. The lowest BCUT2D eigenvalue weighted by Crippen LogP contribution is -2.27. The van der Waals surface area contributed by atoms with E-state index in [2.05, 4.69) is 6.92 Å². The van der Waals surface area contributed by atoms with Gasteiger partial charge in [0.25, 0.3) is 0 Å². The van der Waals surface area contributed by atoms with E-state index in [1.165, 1.54) is 25.7 Å². The molecule has 0 aliphatic rings. The number of carbonyl (C=O) groups is 2. The van der Waals surface area contributed by atoms with Gasteiger partial charge in [-0.3, -0.25) is 4.79 Å². The highest BCUT2D eigenvalue weighted by atomic mass is 16.6. The molecule has 0 rings (SSSR count). The first-order valence-corrected chi connectivity index (χ1v) is 9.38. The average Bonchev–Trinajstić information content (AvgIpc) is 2.51. The summed E-state index contributed by atoms with van der Waals surface area (Å²) in [6.07, 6.45) is 7.38. The Balaban J connectivity index is 3.32. The maximum Gasteiger partial charge on any atom is 0.332 e. The molecule has 0 bridgehead atoms. The van der Waals surface area contributed by atoms with Crippen molar-refractivity contribution in [2.24, 2.45) is 0 Å². The van der Waals surface area contributed by atoms with E-state index in [1.807, 2.05) is 20.8 Å². The van der Waals surface area contributed by atoms with Crippen LogP contribution in [0.1, 0.15) is 72.6 Å². The largest absolute Gasteiger partial charge is 0.463 e. The van der Waals surface area contributed by atoms with Crippen LogP contribution in [0.5, 0.6) is 0 Å². The van der Waals surface area contributed by atoms with Crippen molar-refractivity contribution < 1.29 is 28.5 Å². The van der Waals surface area contributed by atoms with E-state index in [-0.39, 0.29) is 19.2 Å². The van der Waals surface area contributed by atoms with Crippen LogP contribution in [0.25, 0.3) is 0 Å². The highest BCUT2D eigenvalue weighted by Gasteiger charge is 2.15. The summed E-state index contributed by atoms with van der Waals surface area (Å²) in [5.74, 6) is -0.559. The molecule has 0 aromatic rings. The molecule has 0 atom stereocenters. The average molecular weight is 360 g/mol. The van der Waals surface area contributed by atoms with Crippen LogP contribution in [0.2, 0.25) is 0 Å². The maximum absolute atomic E-state index is 11.5. The normalized spacial score (nSPS) is 11.4. The van der Waals surface area contributed by atoms with Crippen LogP contribution in [-0.4, -0.2) is 50.6 Å². The molecule has 25 heavy (non-hydrogen) atoms. The third kappa shape index (κ3) is 19.0. The van der Waals surface area contributed by atoms with E-state index in [4.69, 9.17) is 18.9 Å². The Morgan fingerprint density at radius 3 is 2.04 bits per heavy atom. The standard InChI is InChI=1S/C19H36O6/c1-5-6-7-8-9-10-11-17(20)24-15-14-22-12-13-23-16-18(21)25-19(2,3)4/h5-16H2,1-4H3. The minimum atomic E-state index is -0.504. The van der Waals surface area contributed by atoms with Crippen molar-refractivity contribution in [1.82, 2.24) is 0 Å². The smallest absolute Gasteiger partial charge is 0.332 e. The monoisotopic (exact) mass is 360 g/mol. The Morgan fingerprint density at radius 1 is 0.760 bits per heavy atom. The van der Waals surface area contributed by atoms with Crippen LogP contribution in [0.4, 0.5) is 0 Å². The van der Waals surface area contributed by atoms with E-state index >= 15 is 0 Å². The minimum absolute atomic E-state index is 0.0894. The molecule has 0 aromatic heterocycles.